The number of allylic oxidation sites excluding steroid dienone is 1. The Balaban J connectivity index is 1.53. The number of fused-ring (bicyclic) bond motifs is 6. The van der Waals surface area contributed by atoms with Gasteiger partial charge < -0.3 is 14.2 Å². The smallest absolute Gasteiger partial charge is 0.304 e. The van der Waals surface area contributed by atoms with Crippen LogP contribution in [0.2, 0.25) is 0 Å². The predicted octanol–water partition coefficient (Wildman–Crippen LogP) is 3.14. The molecule has 0 aromatic heterocycles. The quantitative estimate of drug-likeness (QED) is 0.615. The lowest BCUT2D eigenvalue weighted by Gasteiger charge is -2.57. The lowest BCUT2D eigenvalue weighted by atomic mass is 9.46. The molecule has 0 amide bonds. The minimum absolute atomic E-state index is 0.0986. The van der Waals surface area contributed by atoms with E-state index in [-0.39, 0.29) is 47.4 Å². The van der Waals surface area contributed by atoms with E-state index in [2.05, 4.69) is 6.92 Å². The monoisotopic (exact) mass is 444 g/mol. The van der Waals surface area contributed by atoms with Gasteiger partial charge in [-0.2, -0.15) is 0 Å². The summed E-state index contributed by atoms with van der Waals surface area (Å²) in [4.78, 5) is 48.6. The Morgan fingerprint density at radius 1 is 1.12 bits per heavy atom. The van der Waals surface area contributed by atoms with Crippen LogP contribution in [-0.2, 0) is 33.4 Å². The van der Waals surface area contributed by atoms with E-state index in [1.54, 1.807) is 0 Å². The number of hydrogen-bond donors (Lipinski definition) is 0. The van der Waals surface area contributed by atoms with Crippen LogP contribution in [0.5, 0.6) is 0 Å². The van der Waals surface area contributed by atoms with Gasteiger partial charge in [-0.3, -0.25) is 19.2 Å². The van der Waals surface area contributed by atoms with Gasteiger partial charge in [-0.15, -0.1) is 0 Å². The van der Waals surface area contributed by atoms with E-state index in [0.717, 1.165) is 25.7 Å². The van der Waals surface area contributed by atoms with Crippen LogP contribution >= 0.6 is 0 Å². The van der Waals surface area contributed by atoms with Gasteiger partial charge in [0.2, 0.25) is 6.29 Å². The van der Waals surface area contributed by atoms with Crippen LogP contribution in [0.1, 0.15) is 65.7 Å². The van der Waals surface area contributed by atoms with Crippen molar-refractivity contribution in [1.82, 2.24) is 0 Å². The van der Waals surface area contributed by atoms with Crippen molar-refractivity contribution < 1.29 is 33.4 Å². The van der Waals surface area contributed by atoms with Gasteiger partial charge in [0.25, 0.3) is 0 Å². The van der Waals surface area contributed by atoms with Crippen LogP contribution < -0.4 is 0 Å². The molecule has 7 heteroatoms. The fraction of sp³-hybridized carbons (Fsp3) is 0.760. The molecule has 1 aliphatic heterocycles. The Morgan fingerprint density at radius 2 is 1.91 bits per heavy atom. The molecular formula is C25H32O7. The van der Waals surface area contributed by atoms with Gasteiger partial charge in [-0.25, -0.2) is 0 Å². The topological polar surface area (TPSA) is 96.0 Å². The summed E-state index contributed by atoms with van der Waals surface area (Å²) >= 11 is 0. The van der Waals surface area contributed by atoms with Crippen LogP contribution in [-0.4, -0.2) is 42.5 Å². The molecule has 0 aromatic carbocycles. The summed E-state index contributed by atoms with van der Waals surface area (Å²) in [6, 6.07) is 0. The Labute approximate surface area is 188 Å². The first-order valence-electron chi connectivity index (χ1n) is 11.9. The van der Waals surface area contributed by atoms with Crippen molar-refractivity contribution in [2.75, 3.05) is 6.61 Å². The highest BCUT2D eigenvalue weighted by atomic mass is 16.7. The maximum atomic E-state index is 13.2. The molecule has 0 N–H and O–H groups in total. The molecule has 1 spiro atoms. The zero-order valence-corrected chi connectivity index (χ0v) is 19.1. The summed E-state index contributed by atoms with van der Waals surface area (Å²) in [5, 5.41) is 0. The SMILES string of the molecule is CC(=O)OCC(=O)[C@H]1CC[C@H]2[C@@H]3CCC4=CC(=O)CC[C@]4(C)[C@H]3[C@@H]3C[C@]12C(OC(C)=O)O3. The van der Waals surface area contributed by atoms with Crippen LogP contribution in [0.15, 0.2) is 11.6 Å². The number of rotatable bonds is 4. The molecule has 7 nitrogen and oxygen atoms in total. The molecule has 1 unspecified atom stereocenters. The second kappa shape index (κ2) is 7.51. The van der Waals surface area contributed by atoms with E-state index in [9.17, 15) is 19.2 Å². The average Bonchev–Trinajstić information content (AvgIpc) is 3.25. The number of esters is 2. The second-order valence-electron chi connectivity index (χ2n) is 10.7. The number of hydrogen-bond acceptors (Lipinski definition) is 7. The molecule has 5 rings (SSSR count). The number of ether oxygens (including phenoxy) is 3. The van der Waals surface area contributed by atoms with E-state index in [1.165, 1.54) is 19.4 Å². The molecule has 174 valence electrons. The van der Waals surface area contributed by atoms with Crippen molar-refractivity contribution in [3.8, 4) is 0 Å². The zero-order valence-electron chi connectivity index (χ0n) is 19.1. The number of ketones is 2. The van der Waals surface area contributed by atoms with Crippen molar-refractivity contribution in [3.63, 3.8) is 0 Å². The number of carbonyl (C=O) groups is 4. The summed E-state index contributed by atoms with van der Waals surface area (Å²) in [6.45, 7) is 4.71. The molecule has 0 aromatic rings. The number of carbonyl (C=O) groups excluding carboxylic acids is 4. The van der Waals surface area contributed by atoms with Gasteiger partial charge >= 0.3 is 11.9 Å². The second-order valence-corrected chi connectivity index (χ2v) is 10.7. The van der Waals surface area contributed by atoms with Gasteiger partial charge in [0.15, 0.2) is 11.6 Å². The van der Waals surface area contributed by atoms with Crippen molar-refractivity contribution in [1.29, 1.82) is 0 Å². The van der Waals surface area contributed by atoms with Crippen molar-refractivity contribution in [2.45, 2.75) is 78.1 Å². The van der Waals surface area contributed by atoms with Crippen molar-refractivity contribution in [2.24, 2.45) is 34.5 Å². The molecule has 3 saturated carbocycles. The fourth-order valence-corrected chi connectivity index (χ4v) is 8.22. The molecule has 4 aliphatic carbocycles. The third kappa shape index (κ3) is 3.03. The molecule has 8 atom stereocenters. The van der Waals surface area contributed by atoms with E-state index < -0.39 is 23.6 Å². The third-order valence-electron chi connectivity index (χ3n) is 9.30. The highest BCUT2D eigenvalue weighted by Gasteiger charge is 2.72. The van der Waals surface area contributed by atoms with Gasteiger partial charge in [0, 0.05) is 31.6 Å². The molecule has 5 aliphatic rings. The maximum Gasteiger partial charge on any atom is 0.304 e. The summed E-state index contributed by atoms with van der Waals surface area (Å²) in [5.74, 6) is -0.313. The first kappa shape index (κ1) is 21.8. The largest absolute Gasteiger partial charge is 0.458 e. The van der Waals surface area contributed by atoms with Crippen LogP contribution in [0.3, 0.4) is 0 Å². The maximum absolute atomic E-state index is 13.2. The molecule has 32 heavy (non-hydrogen) atoms. The van der Waals surface area contributed by atoms with Crippen molar-refractivity contribution >= 4 is 23.5 Å². The van der Waals surface area contributed by atoms with E-state index in [4.69, 9.17) is 14.2 Å². The van der Waals surface area contributed by atoms with Crippen LogP contribution in [0.25, 0.3) is 0 Å². The van der Waals surface area contributed by atoms with Gasteiger partial charge in [-0.05, 0) is 67.8 Å². The number of Topliss-reactive ketones (excluding diaryl/α,β-unsaturated/α-hetero) is 1. The van der Waals surface area contributed by atoms with Crippen LogP contribution in [0.4, 0.5) is 0 Å². The Bertz CT molecular complexity index is 906. The van der Waals surface area contributed by atoms with E-state index in [1.807, 2.05) is 6.08 Å². The Morgan fingerprint density at radius 3 is 2.62 bits per heavy atom. The van der Waals surface area contributed by atoms with E-state index >= 15 is 0 Å². The third-order valence-corrected chi connectivity index (χ3v) is 9.30. The lowest BCUT2D eigenvalue weighted by molar-refractivity contribution is -0.198. The van der Waals surface area contributed by atoms with E-state index in [0.29, 0.717) is 25.2 Å². The molecule has 0 radical (unpaired) electrons. The van der Waals surface area contributed by atoms with Crippen LogP contribution in [0, 0.1) is 34.5 Å². The first-order valence-corrected chi connectivity index (χ1v) is 11.9. The average molecular weight is 445 g/mol. The molecule has 1 heterocycles. The molecule has 2 bridgehead atoms. The summed E-state index contributed by atoms with van der Waals surface area (Å²) in [7, 11) is 0. The first-order chi connectivity index (χ1) is 15.2. The highest BCUT2D eigenvalue weighted by molar-refractivity contribution is 5.91. The van der Waals surface area contributed by atoms with Gasteiger partial charge in [-0.1, -0.05) is 12.5 Å². The molecule has 4 fully saturated rings. The molecular weight excluding hydrogens is 412 g/mol. The standard InChI is InChI=1S/C25H32O7/c1-13(26)30-12-20(29)19-7-6-18-17-5-4-15-10-16(28)8-9-24(15,3)22(17)21-11-25(18,19)23(32-21)31-14(2)27/h10,17-19,21-23H,4-9,11-12H2,1-3H3/t17-,18-,19+,21-,22+,23?,24-,25+/m0/s1. The Hall–Kier alpha value is -2.02. The minimum atomic E-state index is -0.754. The Kier molecular flexibility index (Phi) is 5.11. The highest BCUT2D eigenvalue weighted by Crippen LogP contribution is 2.71. The fourth-order valence-electron chi connectivity index (χ4n) is 8.22. The lowest BCUT2D eigenvalue weighted by Crippen LogP contribution is -2.56. The van der Waals surface area contributed by atoms with Gasteiger partial charge in [0.05, 0.1) is 6.10 Å². The molecule has 1 saturated heterocycles. The summed E-state index contributed by atoms with van der Waals surface area (Å²) < 4.78 is 17.3. The summed E-state index contributed by atoms with van der Waals surface area (Å²) in [6.07, 6.45) is 6.47. The van der Waals surface area contributed by atoms with Crippen molar-refractivity contribution in [3.05, 3.63) is 11.6 Å². The summed E-state index contributed by atoms with van der Waals surface area (Å²) in [5.41, 5.74) is 0.581. The van der Waals surface area contributed by atoms with Gasteiger partial charge in [0.1, 0.15) is 6.61 Å². The minimum Gasteiger partial charge on any atom is -0.458 e. The predicted molar refractivity (Wildman–Crippen MR) is 112 cm³/mol. The normalized spacial score (nSPS) is 44.1. The zero-order chi connectivity index (χ0) is 22.8.